The second kappa shape index (κ2) is 2.66. The molecule has 1 aromatic heterocycles. The molecule has 3 nitrogen and oxygen atoms in total. The van der Waals surface area contributed by atoms with Crippen LogP contribution in [-0.2, 0) is 0 Å². The van der Waals surface area contributed by atoms with Gasteiger partial charge in [-0.05, 0) is 19.9 Å². The van der Waals surface area contributed by atoms with Gasteiger partial charge < -0.3 is 10.3 Å². The first-order chi connectivity index (χ1) is 5.38. The van der Waals surface area contributed by atoms with Gasteiger partial charge in [-0.3, -0.25) is 0 Å². The molecule has 0 radical (unpaired) electrons. The van der Waals surface area contributed by atoms with Gasteiger partial charge in [0.1, 0.15) is 0 Å². The maximum atomic E-state index is 4.02. The molecule has 0 spiro atoms. The van der Waals surface area contributed by atoms with Crippen LogP contribution in [0.2, 0.25) is 0 Å². The fourth-order valence-corrected chi connectivity index (χ4v) is 1.75. The van der Waals surface area contributed by atoms with Gasteiger partial charge in [-0.25, -0.2) is 4.98 Å². The zero-order valence-corrected chi connectivity index (χ0v) is 6.67. The predicted octanol–water partition coefficient (Wildman–Crippen LogP) is 0.875. The monoisotopic (exact) mass is 151 g/mol. The summed E-state index contributed by atoms with van der Waals surface area (Å²) < 4.78 is 0. The van der Waals surface area contributed by atoms with Gasteiger partial charge in [0.05, 0.1) is 6.33 Å². The average Bonchev–Trinajstić information content (AvgIpc) is 2.55. The topological polar surface area (TPSA) is 40.7 Å². The number of nitrogens with zero attached hydrogens (tertiary/aromatic N) is 1. The van der Waals surface area contributed by atoms with Crippen LogP contribution in [0, 0.1) is 0 Å². The molecule has 0 saturated carbocycles. The van der Waals surface area contributed by atoms with Crippen LogP contribution < -0.4 is 5.32 Å². The van der Waals surface area contributed by atoms with Crippen LogP contribution >= 0.6 is 0 Å². The van der Waals surface area contributed by atoms with Gasteiger partial charge >= 0.3 is 0 Å². The molecule has 1 saturated heterocycles. The summed E-state index contributed by atoms with van der Waals surface area (Å²) in [5.41, 5.74) is 1.27. The van der Waals surface area contributed by atoms with Crippen molar-refractivity contribution in [2.75, 3.05) is 6.54 Å². The van der Waals surface area contributed by atoms with Crippen LogP contribution in [0.5, 0.6) is 0 Å². The standard InChI is InChI=1S/C8H13N3/c1-6-7(2-3-10-6)8-4-9-5-11-8/h4-7,10H,2-3H2,1H3,(H,9,11). The summed E-state index contributed by atoms with van der Waals surface area (Å²) in [4.78, 5) is 7.18. The molecule has 0 amide bonds. The number of aromatic amines is 1. The Morgan fingerprint density at radius 2 is 2.55 bits per heavy atom. The lowest BCUT2D eigenvalue weighted by Gasteiger charge is -2.11. The first-order valence-electron chi connectivity index (χ1n) is 4.09. The minimum Gasteiger partial charge on any atom is -0.348 e. The van der Waals surface area contributed by atoms with Crippen LogP contribution in [-0.4, -0.2) is 22.6 Å². The van der Waals surface area contributed by atoms with Crippen LogP contribution in [0.1, 0.15) is 25.0 Å². The molecule has 60 valence electrons. The normalized spacial score (nSPS) is 31.0. The van der Waals surface area contributed by atoms with Crippen LogP contribution in [0.3, 0.4) is 0 Å². The van der Waals surface area contributed by atoms with E-state index in [2.05, 4.69) is 22.2 Å². The van der Waals surface area contributed by atoms with Crippen molar-refractivity contribution in [3.8, 4) is 0 Å². The van der Waals surface area contributed by atoms with E-state index in [1.807, 2.05) is 6.20 Å². The Morgan fingerprint density at radius 1 is 1.64 bits per heavy atom. The molecule has 2 heterocycles. The Morgan fingerprint density at radius 3 is 3.09 bits per heavy atom. The van der Waals surface area contributed by atoms with Gasteiger partial charge in [0.25, 0.3) is 0 Å². The molecule has 2 unspecified atom stereocenters. The minimum absolute atomic E-state index is 0.593. The molecule has 1 aromatic rings. The highest BCUT2D eigenvalue weighted by atomic mass is 15.0. The summed E-state index contributed by atoms with van der Waals surface area (Å²) in [7, 11) is 0. The van der Waals surface area contributed by atoms with Crippen molar-refractivity contribution in [2.24, 2.45) is 0 Å². The molecule has 1 aliphatic heterocycles. The third-order valence-corrected chi connectivity index (χ3v) is 2.44. The summed E-state index contributed by atoms with van der Waals surface area (Å²) >= 11 is 0. The Kier molecular flexibility index (Phi) is 1.66. The molecule has 2 rings (SSSR count). The molecule has 1 fully saturated rings. The number of H-pyrrole nitrogens is 1. The number of rotatable bonds is 1. The first kappa shape index (κ1) is 6.85. The molecular weight excluding hydrogens is 138 g/mol. The minimum atomic E-state index is 0.593. The zero-order valence-electron chi connectivity index (χ0n) is 6.67. The predicted molar refractivity (Wildman–Crippen MR) is 43.4 cm³/mol. The van der Waals surface area contributed by atoms with E-state index >= 15 is 0 Å². The maximum Gasteiger partial charge on any atom is 0.0921 e. The van der Waals surface area contributed by atoms with E-state index < -0.39 is 0 Å². The number of hydrogen-bond donors (Lipinski definition) is 2. The van der Waals surface area contributed by atoms with Gasteiger partial charge in [0, 0.05) is 23.9 Å². The molecule has 0 aromatic carbocycles. The van der Waals surface area contributed by atoms with Gasteiger partial charge in [-0.15, -0.1) is 0 Å². The molecular formula is C8H13N3. The van der Waals surface area contributed by atoms with Crippen molar-refractivity contribution in [3.63, 3.8) is 0 Å². The van der Waals surface area contributed by atoms with Crippen molar-refractivity contribution in [1.29, 1.82) is 0 Å². The summed E-state index contributed by atoms with van der Waals surface area (Å²) in [6.45, 7) is 3.35. The molecule has 0 aliphatic carbocycles. The lowest BCUT2D eigenvalue weighted by atomic mass is 9.99. The fourth-order valence-electron chi connectivity index (χ4n) is 1.75. The highest BCUT2D eigenvalue weighted by Crippen LogP contribution is 2.24. The molecule has 11 heavy (non-hydrogen) atoms. The Labute approximate surface area is 66.2 Å². The Balaban J connectivity index is 2.16. The molecule has 2 N–H and O–H groups in total. The van der Waals surface area contributed by atoms with Crippen molar-refractivity contribution in [2.45, 2.75) is 25.3 Å². The van der Waals surface area contributed by atoms with E-state index in [-0.39, 0.29) is 0 Å². The molecule has 1 aliphatic rings. The Hall–Kier alpha value is -0.830. The average molecular weight is 151 g/mol. The summed E-state index contributed by atoms with van der Waals surface area (Å²) in [6.07, 6.45) is 4.90. The summed E-state index contributed by atoms with van der Waals surface area (Å²) in [5.74, 6) is 0.637. The number of aromatic nitrogens is 2. The third-order valence-electron chi connectivity index (χ3n) is 2.44. The van der Waals surface area contributed by atoms with E-state index in [0.29, 0.717) is 12.0 Å². The van der Waals surface area contributed by atoms with E-state index in [0.717, 1.165) is 6.54 Å². The van der Waals surface area contributed by atoms with E-state index in [9.17, 15) is 0 Å². The SMILES string of the molecule is CC1NCCC1c1cnc[nH]1. The van der Waals surface area contributed by atoms with Crippen molar-refractivity contribution < 1.29 is 0 Å². The summed E-state index contributed by atoms with van der Waals surface area (Å²) in [5, 5.41) is 3.41. The van der Waals surface area contributed by atoms with Crippen LogP contribution in [0.15, 0.2) is 12.5 Å². The first-order valence-corrected chi connectivity index (χ1v) is 4.09. The molecule has 0 bridgehead atoms. The highest BCUT2D eigenvalue weighted by molar-refractivity contribution is 5.09. The summed E-state index contributed by atoms with van der Waals surface area (Å²) in [6, 6.07) is 0.593. The second-order valence-electron chi connectivity index (χ2n) is 3.14. The number of hydrogen-bond acceptors (Lipinski definition) is 2. The van der Waals surface area contributed by atoms with Crippen molar-refractivity contribution in [1.82, 2.24) is 15.3 Å². The highest BCUT2D eigenvalue weighted by Gasteiger charge is 2.24. The Bertz CT molecular complexity index is 217. The zero-order chi connectivity index (χ0) is 7.68. The largest absolute Gasteiger partial charge is 0.348 e. The van der Waals surface area contributed by atoms with Gasteiger partial charge in [-0.1, -0.05) is 0 Å². The number of imidazole rings is 1. The van der Waals surface area contributed by atoms with E-state index in [4.69, 9.17) is 0 Å². The third kappa shape index (κ3) is 1.16. The van der Waals surface area contributed by atoms with E-state index in [1.54, 1.807) is 6.33 Å². The van der Waals surface area contributed by atoms with Crippen LogP contribution in [0.4, 0.5) is 0 Å². The lowest BCUT2D eigenvalue weighted by molar-refractivity contribution is 0.584. The fraction of sp³-hybridized carbons (Fsp3) is 0.625. The van der Waals surface area contributed by atoms with Crippen LogP contribution in [0.25, 0.3) is 0 Å². The molecule has 2 atom stereocenters. The second-order valence-corrected chi connectivity index (χ2v) is 3.14. The van der Waals surface area contributed by atoms with Gasteiger partial charge in [0.2, 0.25) is 0 Å². The molecule has 3 heteroatoms. The van der Waals surface area contributed by atoms with Gasteiger partial charge in [0.15, 0.2) is 0 Å². The van der Waals surface area contributed by atoms with Crippen molar-refractivity contribution in [3.05, 3.63) is 18.2 Å². The van der Waals surface area contributed by atoms with Crippen molar-refractivity contribution >= 4 is 0 Å². The van der Waals surface area contributed by atoms with Gasteiger partial charge in [-0.2, -0.15) is 0 Å². The maximum absolute atomic E-state index is 4.02. The number of nitrogens with one attached hydrogen (secondary N) is 2. The smallest absolute Gasteiger partial charge is 0.0921 e. The van der Waals surface area contributed by atoms with E-state index in [1.165, 1.54) is 12.1 Å². The quantitative estimate of drug-likeness (QED) is 0.625. The lowest BCUT2D eigenvalue weighted by Crippen LogP contribution is -2.21.